The van der Waals surface area contributed by atoms with Crippen molar-refractivity contribution in [1.82, 2.24) is 0 Å². The molecular formula is C13H12ClNO2S. The van der Waals surface area contributed by atoms with Crippen LogP contribution in [0, 0.1) is 0 Å². The van der Waals surface area contributed by atoms with E-state index in [0.717, 1.165) is 20.5 Å². The lowest BCUT2D eigenvalue weighted by atomic mass is 10.1. The number of hydrogen-bond acceptors (Lipinski definition) is 4. The van der Waals surface area contributed by atoms with E-state index in [9.17, 15) is 0 Å². The topological polar surface area (TPSA) is 41.8 Å². The predicted molar refractivity (Wildman–Crippen MR) is 74.1 cm³/mol. The van der Waals surface area contributed by atoms with Crippen molar-refractivity contribution in [3.05, 3.63) is 51.2 Å². The van der Waals surface area contributed by atoms with Gasteiger partial charge in [-0.05, 0) is 31.2 Å². The zero-order valence-corrected chi connectivity index (χ0v) is 11.3. The van der Waals surface area contributed by atoms with E-state index >= 15 is 0 Å². The molecule has 3 nitrogen and oxygen atoms in total. The van der Waals surface area contributed by atoms with Crippen LogP contribution in [0.5, 0.6) is 5.75 Å². The quantitative estimate of drug-likeness (QED) is 0.519. The molecule has 0 spiro atoms. The van der Waals surface area contributed by atoms with E-state index in [-0.39, 0.29) is 0 Å². The Labute approximate surface area is 114 Å². The summed E-state index contributed by atoms with van der Waals surface area (Å²) in [4.78, 5) is 1.07. The molecule has 0 amide bonds. The Morgan fingerprint density at radius 3 is 2.89 bits per heavy atom. The maximum Gasteiger partial charge on any atom is 0.122 e. The zero-order valence-electron chi connectivity index (χ0n) is 9.76. The van der Waals surface area contributed by atoms with Gasteiger partial charge in [-0.15, -0.1) is 11.3 Å². The van der Waals surface area contributed by atoms with E-state index in [2.05, 4.69) is 5.16 Å². The molecule has 0 saturated heterocycles. The lowest BCUT2D eigenvalue weighted by Gasteiger charge is -2.06. The molecule has 1 aromatic heterocycles. The highest BCUT2D eigenvalue weighted by Crippen LogP contribution is 2.23. The second-order valence-electron chi connectivity index (χ2n) is 3.71. The summed E-state index contributed by atoms with van der Waals surface area (Å²) in [5, 5.41) is 11.9. The van der Waals surface area contributed by atoms with E-state index in [1.54, 1.807) is 6.92 Å². The summed E-state index contributed by atoms with van der Waals surface area (Å²) in [6, 6.07) is 11.2. The number of ether oxygens (including phenoxy) is 1. The molecule has 0 radical (unpaired) electrons. The van der Waals surface area contributed by atoms with E-state index in [4.69, 9.17) is 21.5 Å². The van der Waals surface area contributed by atoms with Crippen molar-refractivity contribution >= 4 is 28.6 Å². The predicted octanol–water partition coefficient (Wildman–Crippen LogP) is 4.18. The molecule has 0 aliphatic rings. The first-order valence-electron chi connectivity index (χ1n) is 5.35. The number of nitrogens with zero attached hydrogens (tertiary/aromatic N) is 1. The van der Waals surface area contributed by atoms with Crippen LogP contribution in [0.3, 0.4) is 0 Å². The van der Waals surface area contributed by atoms with Gasteiger partial charge in [-0.3, -0.25) is 0 Å². The number of halogens is 1. The van der Waals surface area contributed by atoms with Crippen LogP contribution in [-0.4, -0.2) is 10.9 Å². The molecule has 94 valence electrons. The number of benzene rings is 1. The van der Waals surface area contributed by atoms with Gasteiger partial charge in [-0.1, -0.05) is 28.9 Å². The van der Waals surface area contributed by atoms with Crippen LogP contribution in [-0.2, 0) is 6.61 Å². The molecule has 5 heteroatoms. The molecule has 0 bridgehead atoms. The van der Waals surface area contributed by atoms with Crippen LogP contribution in [0.1, 0.15) is 17.4 Å². The minimum absolute atomic E-state index is 0.482. The van der Waals surface area contributed by atoms with Crippen LogP contribution in [0.15, 0.2) is 41.6 Å². The summed E-state index contributed by atoms with van der Waals surface area (Å²) in [6.45, 7) is 2.22. The first kappa shape index (κ1) is 12.9. The van der Waals surface area contributed by atoms with E-state index in [1.165, 1.54) is 11.3 Å². The molecule has 0 fully saturated rings. The molecule has 1 heterocycles. The molecule has 0 unspecified atom stereocenters. The van der Waals surface area contributed by atoms with Crippen molar-refractivity contribution < 1.29 is 9.94 Å². The van der Waals surface area contributed by atoms with Gasteiger partial charge in [0.2, 0.25) is 0 Å². The Morgan fingerprint density at radius 1 is 1.39 bits per heavy atom. The third-order valence-corrected chi connectivity index (χ3v) is 3.62. The van der Waals surface area contributed by atoms with Crippen molar-refractivity contribution in [3.8, 4) is 5.75 Å². The second kappa shape index (κ2) is 5.89. The molecule has 1 N–H and O–H groups in total. The van der Waals surface area contributed by atoms with Gasteiger partial charge in [-0.25, -0.2) is 0 Å². The van der Waals surface area contributed by atoms with Gasteiger partial charge >= 0.3 is 0 Å². The summed E-state index contributed by atoms with van der Waals surface area (Å²) in [6.07, 6.45) is 0. The summed E-state index contributed by atoms with van der Waals surface area (Å²) in [7, 11) is 0. The molecule has 18 heavy (non-hydrogen) atoms. The highest BCUT2D eigenvalue weighted by atomic mass is 35.5. The average Bonchev–Trinajstić information content (AvgIpc) is 2.81. The number of rotatable bonds is 4. The van der Waals surface area contributed by atoms with Crippen LogP contribution >= 0.6 is 22.9 Å². The standard InChI is InChI=1S/C13H12ClNO2S/c1-9(15-16)10-3-2-4-11(7-10)17-8-12-5-6-13(14)18-12/h2-7,16H,8H2,1H3/b15-9+. The average molecular weight is 282 g/mol. The summed E-state index contributed by atoms with van der Waals surface area (Å²) < 4.78 is 6.41. The third-order valence-electron chi connectivity index (χ3n) is 2.41. The summed E-state index contributed by atoms with van der Waals surface area (Å²) in [5.74, 6) is 0.736. The third kappa shape index (κ3) is 3.24. The van der Waals surface area contributed by atoms with Crippen molar-refractivity contribution in [3.63, 3.8) is 0 Å². The van der Waals surface area contributed by atoms with Crippen LogP contribution in [0.25, 0.3) is 0 Å². The molecule has 0 atom stereocenters. The van der Waals surface area contributed by atoms with E-state index in [0.29, 0.717) is 12.3 Å². The zero-order chi connectivity index (χ0) is 13.0. The molecule has 1 aromatic carbocycles. The van der Waals surface area contributed by atoms with E-state index in [1.807, 2.05) is 36.4 Å². The molecule has 2 rings (SSSR count). The fourth-order valence-electron chi connectivity index (χ4n) is 1.45. The minimum Gasteiger partial charge on any atom is -0.488 e. The molecular weight excluding hydrogens is 270 g/mol. The molecule has 0 aliphatic carbocycles. The SMILES string of the molecule is C/C(=N\O)c1cccc(OCc2ccc(Cl)s2)c1. The fraction of sp³-hybridized carbons (Fsp3) is 0.154. The van der Waals surface area contributed by atoms with Gasteiger partial charge in [0.15, 0.2) is 0 Å². The van der Waals surface area contributed by atoms with Crippen LogP contribution < -0.4 is 4.74 Å². The van der Waals surface area contributed by atoms with Gasteiger partial charge in [0.1, 0.15) is 12.4 Å². The van der Waals surface area contributed by atoms with Crippen molar-refractivity contribution in [2.24, 2.45) is 5.16 Å². The van der Waals surface area contributed by atoms with E-state index < -0.39 is 0 Å². The Morgan fingerprint density at radius 2 is 2.22 bits per heavy atom. The second-order valence-corrected chi connectivity index (χ2v) is 5.51. The number of hydrogen-bond donors (Lipinski definition) is 1. The Bertz CT molecular complexity index is 566. The summed E-state index contributed by atoms with van der Waals surface area (Å²) >= 11 is 7.35. The van der Waals surface area contributed by atoms with Crippen LogP contribution in [0.2, 0.25) is 4.34 Å². The van der Waals surface area contributed by atoms with Gasteiger partial charge in [0.25, 0.3) is 0 Å². The lowest BCUT2D eigenvalue weighted by molar-refractivity contribution is 0.309. The molecule has 0 aliphatic heterocycles. The Hall–Kier alpha value is -1.52. The number of oxime groups is 1. The Kier molecular flexibility index (Phi) is 4.23. The monoisotopic (exact) mass is 281 g/mol. The number of thiophene rings is 1. The highest BCUT2D eigenvalue weighted by Gasteiger charge is 2.02. The Balaban J connectivity index is 2.05. The fourth-order valence-corrected chi connectivity index (χ4v) is 2.45. The van der Waals surface area contributed by atoms with Gasteiger partial charge in [0.05, 0.1) is 10.0 Å². The van der Waals surface area contributed by atoms with Crippen LogP contribution in [0.4, 0.5) is 0 Å². The summed E-state index contributed by atoms with van der Waals surface area (Å²) in [5.41, 5.74) is 1.39. The molecule has 2 aromatic rings. The van der Waals surface area contributed by atoms with Gasteiger partial charge in [-0.2, -0.15) is 0 Å². The maximum absolute atomic E-state index is 8.72. The first-order chi connectivity index (χ1) is 8.69. The first-order valence-corrected chi connectivity index (χ1v) is 6.54. The maximum atomic E-state index is 8.72. The van der Waals surface area contributed by atoms with Crippen molar-refractivity contribution in [2.75, 3.05) is 0 Å². The lowest BCUT2D eigenvalue weighted by Crippen LogP contribution is -1.97. The van der Waals surface area contributed by atoms with Crippen molar-refractivity contribution in [2.45, 2.75) is 13.5 Å². The van der Waals surface area contributed by atoms with Gasteiger partial charge in [0, 0.05) is 10.4 Å². The normalized spacial score (nSPS) is 11.6. The minimum atomic E-state index is 0.482. The molecule has 0 saturated carbocycles. The highest BCUT2D eigenvalue weighted by molar-refractivity contribution is 7.16. The largest absolute Gasteiger partial charge is 0.488 e. The van der Waals surface area contributed by atoms with Crippen molar-refractivity contribution in [1.29, 1.82) is 0 Å². The smallest absolute Gasteiger partial charge is 0.122 e. The van der Waals surface area contributed by atoms with Gasteiger partial charge < -0.3 is 9.94 Å².